The van der Waals surface area contributed by atoms with E-state index >= 15 is 0 Å². The van der Waals surface area contributed by atoms with Crippen LogP contribution >= 0.6 is 0 Å². The fourth-order valence-electron chi connectivity index (χ4n) is 2.28. The van der Waals surface area contributed by atoms with Gasteiger partial charge in [-0.2, -0.15) is 0 Å². The van der Waals surface area contributed by atoms with E-state index in [0.717, 1.165) is 5.56 Å². The lowest BCUT2D eigenvalue weighted by Crippen LogP contribution is -2.17. The van der Waals surface area contributed by atoms with Gasteiger partial charge in [0.25, 0.3) is 10.0 Å². The van der Waals surface area contributed by atoms with Crippen molar-refractivity contribution in [1.82, 2.24) is 0 Å². The molecule has 2 aromatic carbocycles. The highest BCUT2D eigenvalue weighted by molar-refractivity contribution is 7.92. The molecule has 0 heterocycles. The van der Waals surface area contributed by atoms with Crippen LogP contribution in [0.25, 0.3) is 0 Å². The highest BCUT2D eigenvalue weighted by atomic mass is 32.2. The number of rotatable bonds is 4. The fourth-order valence-corrected chi connectivity index (χ4v) is 3.60. The van der Waals surface area contributed by atoms with Crippen LogP contribution in [-0.2, 0) is 15.4 Å². The van der Waals surface area contributed by atoms with Gasteiger partial charge in [0.15, 0.2) is 0 Å². The van der Waals surface area contributed by atoms with E-state index in [0.29, 0.717) is 5.56 Å². The third-order valence-electron chi connectivity index (χ3n) is 3.71. The van der Waals surface area contributed by atoms with Crippen LogP contribution < -0.4 is 4.72 Å². The third kappa shape index (κ3) is 3.94. The monoisotopic (exact) mass is 347 g/mol. The van der Waals surface area contributed by atoms with Crippen LogP contribution in [0.15, 0.2) is 47.4 Å². The summed E-state index contributed by atoms with van der Waals surface area (Å²) in [5, 5.41) is 9.02. The Hall–Kier alpha value is -2.34. The maximum atomic E-state index is 12.7. The lowest BCUT2D eigenvalue weighted by Gasteiger charge is -2.21. The predicted molar refractivity (Wildman–Crippen MR) is 94.1 cm³/mol. The van der Waals surface area contributed by atoms with Gasteiger partial charge in [-0.05, 0) is 47.7 Å². The van der Waals surface area contributed by atoms with Crippen molar-refractivity contribution in [3.05, 3.63) is 59.2 Å². The molecule has 6 heteroatoms. The summed E-state index contributed by atoms with van der Waals surface area (Å²) in [6, 6.07) is 11.1. The van der Waals surface area contributed by atoms with Crippen LogP contribution in [0.2, 0.25) is 0 Å². The molecule has 0 unspecified atom stereocenters. The van der Waals surface area contributed by atoms with E-state index in [2.05, 4.69) is 4.72 Å². The normalized spacial score (nSPS) is 12.0. The highest BCUT2D eigenvalue weighted by Gasteiger charge is 2.21. The molecule has 0 radical (unpaired) electrons. The van der Waals surface area contributed by atoms with Crippen molar-refractivity contribution in [2.75, 3.05) is 4.72 Å². The molecule has 0 aliphatic heterocycles. The summed E-state index contributed by atoms with van der Waals surface area (Å²) in [5.74, 6) is -1.11. The van der Waals surface area contributed by atoms with E-state index < -0.39 is 16.0 Å². The van der Waals surface area contributed by atoms with Gasteiger partial charge in [0, 0.05) is 5.69 Å². The Balaban J connectivity index is 2.44. The van der Waals surface area contributed by atoms with Crippen molar-refractivity contribution in [2.24, 2.45) is 0 Å². The SMILES string of the molecule is Cc1ccc(C(C)(C)C)cc1S(=O)(=O)Nc1cccc(C(=O)O)c1. The molecule has 24 heavy (non-hydrogen) atoms. The first-order valence-corrected chi connectivity index (χ1v) is 8.96. The molecule has 0 atom stereocenters. The number of carboxylic acids is 1. The van der Waals surface area contributed by atoms with Crippen LogP contribution in [0, 0.1) is 6.92 Å². The van der Waals surface area contributed by atoms with Gasteiger partial charge in [0.2, 0.25) is 0 Å². The molecular formula is C18H21NO4S. The zero-order valence-electron chi connectivity index (χ0n) is 14.1. The van der Waals surface area contributed by atoms with Gasteiger partial charge in [-0.1, -0.05) is 39.0 Å². The van der Waals surface area contributed by atoms with Crippen molar-refractivity contribution in [1.29, 1.82) is 0 Å². The molecule has 0 saturated heterocycles. The van der Waals surface area contributed by atoms with Crippen LogP contribution in [-0.4, -0.2) is 19.5 Å². The van der Waals surface area contributed by atoms with Crippen LogP contribution in [0.3, 0.4) is 0 Å². The number of nitrogens with one attached hydrogen (secondary N) is 1. The first-order valence-electron chi connectivity index (χ1n) is 7.48. The van der Waals surface area contributed by atoms with E-state index in [1.807, 2.05) is 26.8 Å². The molecule has 128 valence electrons. The van der Waals surface area contributed by atoms with Crippen LogP contribution in [0.1, 0.15) is 42.3 Å². The number of sulfonamides is 1. The molecule has 0 bridgehead atoms. The minimum atomic E-state index is -3.81. The number of hydrogen-bond donors (Lipinski definition) is 2. The number of carbonyl (C=O) groups is 1. The second-order valence-electron chi connectivity index (χ2n) is 6.72. The van der Waals surface area contributed by atoms with E-state index in [1.54, 1.807) is 19.1 Å². The van der Waals surface area contributed by atoms with Crippen molar-refractivity contribution in [3.8, 4) is 0 Å². The molecule has 2 aromatic rings. The van der Waals surface area contributed by atoms with Gasteiger partial charge in [-0.15, -0.1) is 0 Å². The summed E-state index contributed by atoms with van der Waals surface area (Å²) in [6.45, 7) is 7.77. The maximum absolute atomic E-state index is 12.7. The summed E-state index contributed by atoms with van der Waals surface area (Å²) >= 11 is 0. The van der Waals surface area contributed by atoms with E-state index in [1.165, 1.54) is 24.3 Å². The largest absolute Gasteiger partial charge is 0.478 e. The average molecular weight is 347 g/mol. The van der Waals surface area contributed by atoms with Crippen LogP contribution in [0.4, 0.5) is 5.69 Å². The zero-order chi connectivity index (χ0) is 18.1. The summed E-state index contributed by atoms with van der Waals surface area (Å²) in [4.78, 5) is 11.2. The van der Waals surface area contributed by atoms with Crippen LogP contribution in [0.5, 0.6) is 0 Å². The first kappa shape index (κ1) is 18.0. The highest BCUT2D eigenvalue weighted by Crippen LogP contribution is 2.27. The zero-order valence-corrected chi connectivity index (χ0v) is 14.9. The molecule has 0 spiro atoms. The van der Waals surface area contributed by atoms with E-state index in [9.17, 15) is 13.2 Å². The maximum Gasteiger partial charge on any atom is 0.335 e. The molecule has 2 rings (SSSR count). The van der Waals surface area contributed by atoms with Gasteiger partial charge >= 0.3 is 5.97 Å². The molecule has 0 aliphatic rings. The number of anilines is 1. The Kier molecular flexibility index (Phi) is 4.71. The van der Waals surface area contributed by atoms with E-state index in [4.69, 9.17) is 5.11 Å². The van der Waals surface area contributed by atoms with Gasteiger partial charge in [-0.25, -0.2) is 13.2 Å². The number of benzene rings is 2. The summed E-state index contributed by atoms with van der Waals surface area (Å²) in [7, 11) is -3.81. The predicted octanol–water partition coefficient (Wildman–Crippen LogP) is 3.79. The Morgan fingerprint density at radius 2 is 1.75 bits per heavy atom. The molecular weight excluding hydrogens is 326 g/mol. The minimum Gasteiger partial charge on any atom is -0.478 e. The third-order valence-corrected chi connectivity index (χ3v) is 5.23. The second-order valence-corrected chi connectivity index (χ2v) is 8.37. The molecule has 0 saturated carbocycles. The Bertz CT molecular complexity index is 880. The van der Waals surface area contributed by atoms with Gasteiger partial charge in [-0.3, -0.25) is 4.72 Å². The van der Waals surface area contributed by atoms with Crippen molar-refractivity contribution in [2.45, 2.75) is 38.0 Å². The summed E-state index contributed by atoms with van der Waals surface area (Å²) < 4.78 is 27.9. The minimum absolute atomic E-state index is 0.0235. The van der Waals surface area contributed by atoms with E-state index in [-0.39, 0.29) is 21.6 Å². The van der Waals surface area contributed by atoms with Crippen molar-refractivity contribution >= 4 is 21.7 Å². The fraction of sp³-hybridized carbons (Fsp3) is 0.278. The smallest absolute Gasteiger partial charge is 0.335 e. The lowest BCUT2D eigenvalue weighted by atomic mass is 9.87. The quantitative estimate of drug-likeness (QED) is 0.881. The Morgan fingerprint density at radius 3 is 2.33 bits per heavy atom. The second kappa shape index (κ2) is 6.28. The standard InChI is InChI=1S/C18H21NO4S/c1-12-8-9-14(18(2,3)4)11-16(12)24(22,23)19-15-7-5-6-13(10-15)17(20)21/h5-11,19H,1-4H3,(H,20,21). The first-order chi connectivity index (χ1) is 11.0. The molecule has 0 amide bonds. The number of carboxylic acid groups (broad SMARTS) is 1. The number of aryl methyl sites for hydroxylation is 1. The molecule has 0 aliphatic carbocycles. The summed E-state index contributed by atoms with van der Waals surface area (Å²) in [5.41, 5.74) is 1.60. The lowest BCUT2D eigenvalue weighted by molar-refractivity contribution is 0.0697. The summed E-state index contributed by atoms with van der Waals surface area (Å²) in [6.07, 6.45) is 0. The van der Waals surface area contributed by atoms with Crippen molar-refractivity contribution < 1.29 is 18.3 Å². The number of aromatic carboxylic acids is 1. The number of hydrogen-bond acceptors (Lipinski definition) is 3. The van der Waals surface area contributed by atoms with Gasteiger partial charge in [0.1, 0.15) is 0 Å². The molecule has 2 N–H and O–H groups in total. The topological polar surface area (TPSA) is 83.5 Å². The molecule has 0 aromatic heterocycles. The Morgan fingerprint density at radius 1 is 1.08 bits per heavy atom. The van der Waals surface area contributed by atoms with Gasteiger partial charge < -0.3 is 5.11 Å². The molecule has 5 nitrogen and oxygen atoms in total. The van der Waals surface area contributed by atoms with Gasteiger partial charge in [0.05, 0.1) is 10.5 Å². The molecule has 0 fully saturated rings. The average Bonchev–Trinajstić information content (AvgIpc) is 2.46. The van der Waals surface area contributed by atoms with Crippen molar-refractivity contribution in [3.63, 3.8) is 0 Å². The Labute approximate surface area is 142 Å².